The number of rotatable bonds is 4. The van der Waals surface area contributed by atoms with E-state index in [0.29, 0.717) is 11.5 Å². The number of hydrogen-bond acceptors (Lipinski definition) is 3. The number of carbonyl (C=O) groups is 1. The van der Waals surface area contributed by atoms with Crippen molar-refractivity contribution in [1.82, 2.24) is 0 Å². The van der Waals surface area contributed by atoms with Crippen LogP contribution in [0.2, 0.25) is 0 Å². The summed E-state index contributed by atoms with van der Waals surface area (Å²) in [7, 11) is 0. The average Bonchev–Trinajstić information content (AvgIpc) is 2.40. The van der Waals surface area contributed by atoms with Crippen LogP contribution in [-0.2, 0) is 4.79 Å². The topological polar surface area (TPSA) is 35.5 Å². The lowest BCUT2D eigenvalue weighted by Gasteiger charge is -2.09. The van der Waals surface area contributed by atoms with Crippen molar-refractivity contribution in [3.63, 3.8) is 0 Å². The molecule has 0 aliphatic heterocycles. The Morgan fingerprint density at radius 2 is 1.75 bits per heavy atom. The highest BCUT2D eigenvalue weighted by Gasteiger charge is 2.08. The minimum Gasteiger partial charge on any atom is -0.482 e. The summed E-state index contributed by atoms with van der Waals surface area (Å²) in [6, 6.07) is 13.2. The van der Waals surface area contributed by atoms with Gasteiger partial charge in [0.25, 0.3) is 0 Å². The molecule has 2 aromatic rings. The van der Waals surface area contributed by atoms with Crippen LogP contribution in [0.5, 0.6) is 11.5 Å². The maximum absolute atomic E-state index is 11.8. The molecule has 2 rings (SSSR count). The van der Waals surface area contributed by atoms with E-state index in [1.807, 2.05) is 57.2 Å². The number of ether oxygens (including phenoxy) is 2. The molecular formula is C17H18O3. The van der Waals surface area contributed by atoms with Crippen molar-refractivity contribution >= 4 is 5.97 Å². The molecule has 20 heavy (non-hydrogen) atoms. The van der Waals surface area contributed by atoms with Crippen LogP contribution in [0.4, 0.5) is 0 Å². The van der Waals surface area contributed by atoms with Crippen LogP contribution in [0, 0.1) is 20.8 Å². The fourth-order valence-corrected chi connectivity index (χ4v) is 1.91. The van der Waals surface area contributed by atoms with Crippen molar-refractivity contribution in [3.05, 3.63) is 59.2 Å². The predicted octanol–water partition coefficient (Wildman–Crippen LogP) is 3.60. The number of esters is 1. The van der Waals surface area contributed by atoms with Crippen LogP contribution in [0.3, 0.4) is 0 Å². The van der Waals surface area contributed by atoms with Gasteiger partial charge >= 0.3 is 5.97 Å². The zero-order chi connectivity index (χ0) is 14.5. The second-order valence-electron chi connectivity index (χ2n) is 4.85. The van der Waals surface area contributed by atoms with Crippen LogP contribution in [0.25, 0.3) is 0 Å². The van der Waals surface area contributed by atoms with E-state index in [4.69, 9.17) is 9.47 Å². The molecule has 3 heteroatoms. The van der Waals surface area contributed by atoms with E-state index >= 15 is 0 Å². The number of hydrogen-bond donors (Lipinski definition) is 0. The lowest BCUT2D eigenvalue weighted by Crippen LogP contribution is -2.18. The molecule has 0 unspecified atom stereocenters. The van der Waals surface area contributed by atoms with Crippen LogP contribution in [-0.4, -0.2) is 12.6 Å². The zero-order valence-electron chi connectivity index (χ0n) is 12.0. The molecule has 0 fully saturated rings. The summed E-state index contributed by atoms with van der Waals surface area (Å²) < 4.78 is 10.7. The molecule has 0 aliphatic rings. The highest BCUT2D eigenvalue weighted by atomic mass is 16.6. The van der Waals surface area contributed by atoms with Crippen molar-refractivity contribution in [3.8, 4) is 11.5 Å². The quantitative estimate of drug-likeness (QED) is 0.629. The Morgan fingerprint density at radius 1 is 1.00 bits per heavy atom. The second-order valence-corrected chi connectivity index (χ2v) is 4.85. The van der Waals surface area contributed by atoms with Crippen molar-refractivity contribution in [2.75, 3.05) is 6.61 Å². The van der Waals surface area contributed by atoms with Crippen molar-refractivity contribution in [1.29, 1.82) is 0 Å². The maximum Gasteiger partial charge on any atom is 0.349 e. The van der Waals surface area contributed by atoms with E-state index in [1.165, 1.54) is 0 Å². The van der Waals surface area contributed by atoms with Crippen molar-refractivity contribution in [2.45, 2.75) is 20.8 Å². The van der Waals surface area contributed by atoms with Gasteiger partial charge in [0.2, 0.25) is 0 Å². The van der Waals surface area contributed by atoms with Crippen LogP contribution in [0.15, 0.2) is 42.5 Å². The molecule has 104 valence electrons. The highest BCUT2D eigenvalue weighted by molar-refractivity contribution is 5.74. The van der Waals surface area contributed by atoms with Gasteiger partial charge in [-0.15, -0.1) is 0 Å². The van der Waals surface area contributed by atoms with Gasteiger partial charge in [0, 0.05) is 0 Å². The minimum absolute atomic E-state index is 0.100. The number of aryl methyl sites for hydroxylation is 3. The highest BCUT2D eigenvalue weighted by Crippen LogP contribution is 2.19. The van der Waals surface area contributed by atoms with Gasteiger partial charge in [-0.2, -0.15) is 0 Å². The first kappa shape index (κ1) is 14.1. The minimum atomic E-state index is -0.404. The molecular weight excluding hydrogens is 252 g/mol. The first-order valence-corrected chi connectivity index (χ1v) is 6.52. The summed E-state index contributed by atoms with van der Waals surface area (Å²) >= 11 is 0. The predicted molar refractivity (Wildman–Crippen MR) is 78.2 cm³/mol. The SMILES string of the molecule is Cc1cccc(OCC(=O)Oc2ccc(C)cc2C)c1. The summed E-state index contributed by atoms with van der Waals surface area (Å²) in [4.78, 5) is 11.8. The number of benzene rings is 2. The molecule has 0 spiro atoms. The summed E-state index contributed by atoms with van der Waals surface area (Å²) in [5, 5.41) is 0. The second kappa shape index (κ2) is 6.24. The largest absolute Gasteiger partial charge is 0.482 e. The first-order chi connectivity index (χ1) is 9.54. The van der Waals surface area contributed by atoms with E-state index in [2.05, 4.69) is 0 Å². The summed E-state index contributed by atoms with van der Waals surface area (Å²) in [5.74, 6) is 0.842. The van der Waals surface area contributed by atoms with Gasteiger partial charge in [0.15, 0.2) is 6.61 Å². The van der Waals surface area contributed by atoms with Gasteiger partial charge in [0.1, 0.15) is 11.5 Å². The first-order valence-electron chi connectivity index (χ1n) is 6.52. The monoisotopic (exact) mass is 270 g/mol. The maximum atomic E-state index is 11.8. The Kier molecular flexibility index (Phi) is 4.41. The molecule has 0 N–H and O–H groups in total. The van der Waals surface area contributed by atoms with E-state index < -0.39 is 5.97 Å². The molecule has 0 saturated heterocycles. The Labute approximate surface area is 119 Å². The Balaban J connectivity index is 1.92. The smallest absolute Gasteiger partial charge is 0.349 e. The van der Waals surface area contributed by atoms with E-state index in [0.717, 1.165) is 16.7 Å². The lowest BCUT2D eigenvalue weighted by molar-refractivity contribution is -0.136. The summed E-state index contributed by atoms with van der Waals surface area (Å²) in [6.07, 6.45) is 0. The van der Waals surface area contributed by atoms with Crippen molar-refractivity contribution < 1.29 is 14.3 Å². The van der Waals surface area contributed by atoms with Gasteiger partial charge in [0.05, 0.1) is 0 Å². The Bertz CT molecular complexity index is 617. The fourth-order valence-electron chi connectivity index (χ4n) is 1.91. The molecule has 0 amide bonds. The molecule has 0 radical (unpaired) electrons. The fraction of sp³-hybridized carbons (Fsp3) is 0.235. The molecule has 0 aromatic heterocycles. The van der Waals surface area contributed by atoms with E-state index in [1.54, 1.807) is 6.07 Å². The van der Waals surface area contributed by atoms with Crippen LogP contribution >= 0.6 is 0 Å². The molecule has 2 aromatic carbocycles. The summed E-state index contributed by atoms with van der Waals surface area (Å²) in [6.45, 7) is 5.79. The van der Waals surface area contributed by atoms with Crippen LogP contribution < -0.4 is 9.47 Å². The third-order valence-electron chi connectivity index (χ3n) is 2.90. The average molecular weight is 270 g/mol. The Morgan fingerprint density at radius 3 is 2.45 bits per heavy atom. The van der Waals surface area contributed by atoms with Crippen molar-refractivity contribution in [2.24, 2.45) is 0 Å². The van der Waals surface area contributed by atoms with E-state index in [9.17, 15) is 4.79 Å². The van der Waals surface area contributed by atoms with Gasteiger partial charge in [-0.3, -0.25) is 0 Å². The molecule has 0 atom stereocenters. The standard InChI is InChI=1S/C17H18O3/c1-12-5-4-6-15(10-12)19-11-17(18)20-16-8-7-13(2)9-14(16)3/h4-10H,11H2,1-3H3. The molecule has 0 saturated carbocycles. The van der Waals surface area contributed by atoms with Gasteiger partial charge < -0.3 is 9.47 Å². The van der Waals surface area contributed by atoms with Gasteiger partial charge in [-0.25, -0.2) is 4.79 Å². The van der Waals surface area contributed by atoms with E-state index in [-0.39, 0.29) is 6.61 Å². The molecule has 0 aliphatic carbocycles. The van der Waals surface area contributed by atoms with Crippen LogP contribution in [0.1, 0.15) is 16.7 Å². The normalized spacial score (nSPS) is 10.2. The zero-order valence-corrected chi connectivity index (χ0v) is 12.0. The number of carbonyl (C=O) groups excluding carboxylic acids is 1. The van der Waals surface area contributed by atoms with Gasteiger partial charge in [-0.05, 0) is 50.1 Å². The summed E-state index contributed by atoms with van der Waals surface area (Å²) in [5.41, 5.74) is 3.16. The molecule has 0 heterocycles. The van der Waals surface area contributed by atoms with Gasteiger partial charge in [-0.1, -0.05) is 29.8 Å². The third kappa shape index (κ3) is 3.85. The lowest BCUT2D eigenvalue weighted by atomic mass is 10.1. The molecule has 3 nitrogen and oxygen atoms in total. The Hall–Kier alpha value is -2.29. The third-order valence-corrected chi connectivity index (χ3v) is 2.90. The molecule has 0 bridgehead atoms.